The van der Waals surface area contributed by atoms with Gasteiger partial charge in [-0.05, 0) is 25.7 Å². The number of likely N-dealkylation sites (tertiary alicyclic amines) is 1. The summed E-state index contributed by atoms with van der Waals surface area (Å²) in [5, 5.41) is 6.63. The first kappa shape index (κ1) is 11.9. The third-order valence-electron chi connectivity index (χ3n) is 4.75. The maximum atomic E-state index is 12.2. The molecular formula is C14H17N3O3. The van der Waals surface area contributed by atoms with E-state index >= 15 is 0 Å². The fourth-order valence-electron chi connectivity index (χ4n) is 3.25. The molecule has 0 aromatic carbocycles. The number of nitrogens with one attached hydrogen (secondary N) is 1. The SMILES string of the molecule is O=C(NC1CC1)[C@H]1C[C@@]12CCN(C(=O)c1ccno1)C2. The van der Waals surface area contributed by atoms with Crippen LogP contribution >= 0.6 is 0 Å². The third kappa shape index (κ3) is 1.90. The summed E-state index contributed by atoms with van der Waals surface area (Å²) in [6.45, 7) is 1.36. The zero-order valence-corrected chi connectivity index (χ0v) is 11.2. The number of nitrogens with zero attached hydrogens (tertiary/aromatic N) is 2. The summed E-state index contributed by atoms with van der Waals surface area (Å²) in [5.41, 5.74) is 0.0225. The largest absolute Gasteiger partial charge is 0.353 e. The van der Waals surface area contributed by atoms with E-state index in [2.05, 4.69) is 10.5 Å². The van der Waals surface area contributed by atoms with Crippen molar-refractivity contribution in [3.63, 3.8) is 0 Å². The summed E-state index contributed by atoms with van der Waals surface area (Å²) in [4.78, 5) is 26.0. The molecule has 1 aromatic heterocycles. The average molecular weight is 275 g/mol. The van der Waals surface area contributed by atoms with Crippen LogP contribution in [0.15, 0.2) is 16.8 Å². The van der Waals surface area contributed by atoms with E-state index in [4.69, 9.17) is 4.52 Å². The van der Waals surface area contributed by atoms with Crippen molar-refractivity contribution in [3.8, 4) is 0 Å². The summed E-state index contributed by atoms with van der Waals surface area (Å²) >= 11 is 0. The Morgan fingerprint density at radius 2 is 2.30 bits per heavy atom. The van der Waals surface area contributed by atoms with Gasteiger partial charge >= 0.3 is 0 Å². The van der Waals surface area contributed by atoms with Gasteiger partial charge in [0.25, 0.3) is 5.91 Å². The van der Waals surface area contributed by atoms with Crippen LogP contribution in [0.2, 0.25) is 0 Å². The topological polar surface area (TPSA) is 75.4 Å². The molecule has 2 heterocycles. The molecule has 2 aliphatic carbocycles. The highest BCUT2D eigenvalue weighted by Crippen LogP contribution is 2.58. The molecule has 2 atom stereocenters. The van der Waals surface area contributed by atoms with Gasteiger partial charge in [0, 0.05) is 36.5 Å². The highest BCUT2D eigenvalue weighted by Gasteiger charge is 2.61. The van der Waals surface area contributed by atoms with Crippen molar-refractivity contribution in [2.45, 2.75) is 31.7 Å². The Morgan fingerprint density at radius 3 is 3.00 bits per heavy atom. The van der Waals surface area contributed by atoms with Crippen molar-refractivity contribution in [1.82, 2.24) is 15.4 Å². The molecule has 1 N–H and O–H groups in total. The number of amides is 2. The van der Waals surface area contributed by atoms with Gasteiger partial charge < -0.3 is 14.7 Å². The number of aromatic nitrogens is 1. The highest BCUT2D eigenvalue weighted by atomic mass is 16.5. The predicted molar refractivity (Wildman–Crippen MR) is 68.7 cm³/mol. The van der Waals surface area contributed by atoms with Gasteiger partial charge in [-0.1, -0.05) is 5.16 Å². The second kappa shape index (κ2) is 4.07. The molecule has 3 aliphatic rings. The molecule has 2 amide bonds. The molecule has 2 saturated carbocycles. The van der Waals surface area contributed by atoms with Crippen molar-refractivity contribution < 1.29 is 14.1 Å². The average Bonchev–Trinajstić information content (AvgIpc) is 3.23. The van der Waals surface area contributed by atoms with Gasteiger partial charge in [-0.3, -0.25) is 9.59 Å². The monoisotopic (exact) mass is 275 g/mol. The van der Waals surface area contributed by atoms with Gasteiger partial charge in [0.1, 0.15) is 0 Å². The molecule has 0 radical (unpaired) electrons. The van der Waals surface area contributed by atoms with E-state index < -0.39 is 0 Å². The van der Waals surface area contributed by atoms with Crippen LogP contribution < -0.4 is 5.32 Å². The Bertz CT molecular complexity index is 552. The maximum absolute atomic E-state index is 12.2. The predicted octanol–water partition coefficient (Wildman–Crippen LogP) is 0.805. The number of carbonyl (C=O) groups excluding carboxylic acids is 2. The van der Waals surface area contributed by atoms with Crippen LogP contribution in [0, 0.1) is 11.3 Å². The molecule has 4 rings (SSSR count). The number of hydrogen-bond acceptors (Lipinski definition) is 4. The molecule has 3 fully saturated rings. The number of carbonyl (C=O) groups is 2. The minimum Gasteiger partial charge on any atom is -0.353 e. The normalized spacial score (nSPS) is 31.6. The van der Waals surface area contributed by atoms with Gasteiger partial charge in [-0.15, -0.1) is 0 Å². The second-order valence-corrected chi connectivity index (χ2v) is 6.26. The molecule has 6 nitrogen and oxygen atoms in total. The molecule has 1 aliphatic heterocycles. The first-order valence-corrected chi connectivity index (χ1v) is 7.18. The molecule has 6 heteroatoms. The van der Waals surface area contributed by atoms with E-state index in [-0.39, 0.29) is 28.9 Å². The van der Waals surface area contributed by atoms with E-state index in [1.807, 2.05) is 0 Å². The van der Waals surface area contributed by atoms with Gasteiger partial charge in [-0.25, -0.2) is 0 Å². The van der Waals surface area contributed by atoms with Crippen LogP contribution in [0.5, 0.6) is 0 Å². The Kier molecular flexibility index (Phi) is 2.43. The van der Waals surface area contributed by atoms with E-state index in [1.165, 1.54) is 6.20 Å². The van der Waals surface area contributed by atoms with Gasteiger partial charge in [0.15, 0.2) is 0 Å². The van der Waals surface area contributed by atoms with Crippen LogP contribution in [0.1, 0.15) is 36.2 Å². The molecule has 0 bridgehead atoms. The van der Waals surface area contributed by atoms with Crippen molar-refractivity contribution in [3.05, 3.63) is 18.0 Å². The van der Waals surface area contributed by atoms with Crippen LogP contribution in [0.4, 0.5) is 0 Å². The summed E-state index contributed by atoms with van der Waals surface area (Å²) in [6, 6.07) is 1.99. The van der Waals surface area contributed by atoms with E-state index in [9.17, 15) is 9.59 Å². The first-order valence-electron chi connectivity index (χ1n) is 7.18. The van der Waals surface area contributed by atoms with Crippen molar-refractivity contribution in [1.29, 1.82) is 0 Å². The summed E-state index contributed by atoms with van der Waals surface area (Å²) in [5.74, 6) is 0.436. The molecule has 1 spiro atoms. The van der Waals surface area contributed by atoms with E-state index in [0.29, 0.717) is 19.1 Å². The lowest BCUT2D eigenvalue weighted by Crippen LogP contribution is -2.31. The summed E-state index contributed by atoms with van der Waals surface area (Å²) in [7, 11) is 0. The first-order chi connectivity index (χ1) is 9.68. The second-order valence-electron chi connectivity index (χ2n) is 6.26. The van der Waals surface area contributed by atoms with Crippen molar-refractivity contribution in [2.24, 2.45) is 11.3 Å². The Balaban J connectivity index is 1.39. The molecule has 106 valence electrons. The van der Waals surface area contributed by atoms with Crippen LogP contribution in [0.25, 0.3) is 0 Å². The third-order valence-corrected chi connectivity index (χ3v) is 4.75. The zero-order chi connectivity index (χ0) is 13.7. The quantitative estimate of drug-likeness (QED) is 0.885. The smallest absolute Gasteiger partial charge is 0.292 e. The summed E-state index contributed by atoms with van der Waals surface area (Å²) < 4.78 is 4.91. The van der Waals surface area contributed by atoms with E-state index in [0.717, 1.165) is 25.7 Å². The molecule has 1 saturated heterocycles. The van der Waals surface area contributed by atoms with Gasteiger partial charge in [0.05, 0.1) is 6.20 Å². The van der Waals surface area contributed by atoms with Crippen LogP contribution in [0.3, 0.4) is 0 Å². The van der Waals surface area contributed by atoms with Gasteiger partial charge in [0.2, 0.25) is 11.7 Å². The standard InChI is InChI=1S/C14H17N3O3/c18-12(16-9-1-2-9)10-7-14(10)4-6-17(8-14)13(19)11-3-5-15-20-11/h3,5,9-10H,1-2,4,6-8H2,(H,16,18)/t10-,14-/m1/s1. The van der Waals surface area contributed by atoms with Crippen molar-refractivity contribution in [2.75, 3.05) is 13.1 Å². The Morgan fingerprint density at radius 1 is 1.45 bits per heavy atom. The highest BCUT2D eigenvalue weighted by molar-refractivity contribution is 5.92. The number of hydrogen-bond donors (Lipinski definition) is 1. The lowest BCUT2D eigenvalue weighted by molar-refractivity contribution is -0.123. The molecule has 0 unspecified atom stereocenters. The lowest BCUT2D eigenvalue weighted by Gasteiger charge is -2.14. The maximum Gasteiger partial charge on any atom is 0.292 e. The fraction of sp³-hybridized carbons (Fsp3) is 0.643. The molecule has 1 aromatic rings. The minimum absolute atomic E-state index is 0.0225. The molecular weight excluding hydrogens is 258 g/mol. The van der Waals surface area contributed by atoms with Crippen LogP contribution in [-0.4, -0.2) is 41.0 Å². The summed E-state index contributed by atoms with van der Waals surface area (Å²) in [6.07, 6.45) is 5.52. The lowest BCUT2D eigenvalue weighted by atomic mass is 10.0. The van der Waals surface area contributed by atoms with Crippen LogP contribution in [-0.2, 0) is 4.79 Å². The Labute approximate surface area is 116 Å². The van der Waals surface area contributed by atoms with Gasteiger partial charge in [-0.2, -0.15) is 0 Å². The zero-order valence-electron chi connectivity index (χ0n) is 11.2. The van der Waals surface area contributed by atoms with E-state index in [1.54, 1.807) is 11.0 Å². The fourth-order valence-corrected chi connectivity index (χ4v) is 3.25. The molecule has 20 heavy (non-hydrogen) atoms. The number of rotatable bonds is 3. The van der Waals surface area contributed by atoms with Crippen molar-refractivity contribution >= 4 is 11.8 Å². The Hall–Kier alpha value is -1.85. The minimum atomic E-state index is -0.118.